The minimum atomic E-state index is -0.968. The number of carbonyl (C=O) groups excluding carboxylic acids is 1. The number of rotatable bonds is 0. The van der Waals surface area contributed by atoms with Crippen LogP contribution in [0, 0.1) is 0 Å². The second-order valence-corrected chi connectivity index (χ2v) is 2.71. The number of hydrogen-bond acceptors (Lipinski definition) is 5. The molecule has 0 radical (unpaired) electrons. The molecule has 0 aliphatic carbocycles. The van der Waals surface area contributed by atoms with Crippen LogP contribution in [-0.2, 0) is 4.84 Å². The molecule has 16 heavy (non-hydrogen) atoms. The molecule has 1 aromatic heterocycles. The van der Waals surface area contributed by atoms with Gasteiger partial charge in [0.1, 0.15) is 0 Å². The molecule has 7 heteroatoms. The number of nitrogens with two attached hydrogens (primary N) is 2. The van der Waals surface area contributed by atoms with Gasteiger partial charge in [-0.2, -0.15) is 5.90 Å². The minimum Gasteiger partial charge on any atom is -0.357 e. The van der Waals surface area contributed by atoms with Crippen LogP contribution in [0.5, 0.6) is 0 Å². The van der Waals surface area contributed by atoms with E-state index in [-0.39, 0.29) is 5.69 Å². The van der Waals surface area contributed by atoms with E-state index in [4.69, 9.17) is 0 Å². The average Bonchev–Trinajstić information content (AvgIpc) is 2.29. The van der Waals surface area contributed by atoms with Crippen LogP contribution in [0.1, 0.15) is 0 Å². The fourth-order valence-corrected chi connectivity index (χ4v) is 0.999. The summed E-state index contributed by atoms with van der Waals surface area (Å²) in [5, 5.41) is 0.951. The van der Waals surface area contributed by atoms with Gasteiger partial charge in [0.15, 0.2) is 0 Å². The molecule has 0 aliphatic rings. The molecule has 7 nitrogen and oxygen atoms in total. The maximum atomic E-state index is 10.7. The van der Waals surface area contributed by atoms with E-state index in [9.17, 15) is 9.59 Å². The zero-order chi connectivity index (χ0) is 12.0. The van der Waals surface area contributed by atoms with Crippen molar-refractivity contribution < 1.29 is 9.63 Å². The van der Waals surface area contributed by atoms with Gasteiger partial charge in [-0.05, 0) is 6.07 Å². The van der Waals surface area contributed by atoms with Gasteiger partial charge in [0, 0.05) is 11.6 Å². The number of carbonyl (C=O) groups is 1. The first kappa shape index (κ1) is 11.7. The maximum Gasteiger partial charge on any atom is 0.423 e. The highest BCUT2D eigenvalue weighted by Gasteiger charge is 1.90. The quantitative estimate of drug-likeness (QED) is 0.536. The van der Waals surface area contributed by atoms with E-state index in [1.54, 1.807) is 6.20 Å². The number of aromatic amines is 1. The third kappa shape index (κ3) is 3.39. The van der Waals surface area contributed by atoms with Gasteiger partial charge in [0.05, 0.1) is 5.52 Å². The molecular formula is C9H10N4O3. The zero-order valence-corrected chi connectivity index (χ0v) is 8.21. The summed E-state index contributed by atoms with van der Waals surface area (Å²) in [5.74, 6) is 4.20. The van der Waals surface area contributed by atoms with Crippen LogP contribution in [0.25, 0.3) is 10.9 Å². The monoisotopic (exact) mass is 222 g/mol. The van der Waals surface area contributed by atoms with Crippen molar-refractivity contribution >= 4 is 17.0 Å². The summed E-state index contributed by atoms with van der Waals surface area (Å²) in [6.07, 6.45) is 0.596. The molecule has 0 bridgehead atoms. The van der Waals surface area contributed by atoms with Crippen molar-refractivity contribution in [2.45, 2.75) is 0 Å². The Balaban J connectivity index is 0.000000221. The highest BCUT2D eigenvalue weighted by atomic mass is 16.7. The van der Waals surface area contributed by atoms with E-state index in [2.05, 4.69) is 26.4 Å². The molecule has 0 unspecified atom stereocenters. The third-order valence-electron chi connectivity index (χ3n) is 1.64. The van der Waals surface area contributed by atoms with E-state index in [0.717, 1.165) is 10.9 Å². The van der Waals surface area contributed by atoms with Crippen molar-refractivity contribution in [1.82, 2.24) is 9.97 Å². The SMILES string of the molecule is NOC(N)=O.O=c1ncc2ccccc2[nH]1. The Hall–Kier alpha value is -2.41. The van der Waals surface area contributed by atoms with Gasteiger partial charge in [-0.15, -0.1) is 0 Å². The summed E-state index contributed by atoms with van der Waals surface area (Å²) >= 11 is 0. The zero-order valence-electron chi connectivity index (χ0n) is 8.21. The number of nitrogens with zero attached hydrogens (tertiary/aromatic N) is 1. The highest BCUT2D eigenvalue weighted by Crippen LogP contribution is 2.05. The van der Waals surface area contributed by atoms with E-state index < -0.39 is 6.09 Å². The predicted molar refractivity (Wildman–Crippen MR) is 57.2 cm³/mol. The van der Waals surface area contributed by atoms with Crippen LogP contribution >= 0.6 is 0 Å². The van der Waals surface area contributed by atoms with Gasteiger partial charge in [0.25, 0.3) is 0 Å². The van der Waals surface area contributed by atoms with Crippen LogP contribution in [-0.4, -0.2) is 16.1 Å². The van der Waals surface area contributed by atoms with E-state index in [1.807, 2.05) is 24.3 Å². The van der Waals surface area contributed by atoms with Crippen LogP contribution < -0.4 is 17.3 Å². The lowest BCUT2D eigenvalue weighted by molar-refractivity contribution is 0.159. The number of hydrogen-bond donors (Lipinski definition) is 3. The van der Waals surface area contributed by atoms with Gasteiger partial charge < -0.3 is 15.6 Å². The largest absolute Gasteiger partial charge is 0.423 e. The summed E-state index contributed by atoms with van der Waals surface area (Å²) in [4.78, 5) is 29.6. The lowest BCUT2D eigenvalue weighted by Gasteiger charge is -1.92. The molecule has 1 heterocycles. The lowest BCUT2D eigenvalue weighted by atomic mass is 10.2. The average molecular weight is 222 g/mol. The van der Waals surface area contributed by atoms with Crippen molar-refractivity contribution in [3.8, 4) is 0 Å². The van der Waals surface area contributed by atoms with Gasteiger partial charge in [-0.3, -0.25) is 0 Å². The Labute approximate surface area is 90.0 Å². The van der Waals surface area contributed by atoms with Gasteiger partial charge in [-0.25, -0.2) is 14.6 Å². The summed E-state index contributed by atoms with van der Waals surface area (Å²) in [6, 6.07) is 7.53. The number of nitrogens with one attached hydrogen (secondary N) is 1. The molecule has 0 atom stereocenters. The lowest BCUT2D eigenvalue weighted by Crippen LogP contribution is -2.16. The van der Waals surface area contributed by atoms with E-state index >= 15 is 0 Å². The second kappa shape index (κ2) is 5.47. The molecule has 0 saturated carbocycles. The van der Waals surface area contributed by atoms with Crippen molar-refractivity contribution in [1.29, 1.82) is 0 Å². The number of benzene rings is 1. The third-order valence-corrected chi connectivity index (χ3v) is 1.64. The van der Waals surface area contributed by atoms with Crippen molar-refractivity contribution in [3.63, 3.8) is 0 Å². The van der Waals surface area contributed by atoms with Gasteiger partial charge >= 0.3 is 11.8 Å². The first-order chi connectivity index (χ1) is 7.63. The van der Waals surface area contributed by atoms with Crippen molar-refractivity contribution in [2.24, 2.45) is 11.6 Å². The molecule has 0 saturated heterocycles. The number of para-hydroxylation sites is 1. The predicted octanol–water partition coefficient (Wildman–Crippen LogP) is -0.121. The standard InChI is InChI=1S/C8H6N2O.CH4N2O2/c11-8-9-5-6-3-1-2-4-7(6)10-8;2-1(4)5-3/h1-5H,(H,9,10,11);3H2,(H2,2,4). The molecule has 1 amide bonds. The Morgan fingerprint density at radius 1 is 1.38 bits per heavy atom. The molecule has 0 spiro atoms. The van der Waals surface area contributed by atoms with Crippen LogP contribution in [0.15, 0.2) is 35.3 Å². The first-order valence-corrected chi connectivity index (χ1v) is 4.23. The summed E-state index contributed by atoms with van der Waals surface area (Å²) in [5.41, 5.74) is 4.83. The van der Waals surface area contributed by atoms with Crippen LogP contribution in [0.4, 0.5) is 4.79 Å². The van der Waals surface area contributed by atoms with E-state index in [0.29, 0.717) is 0 Å². The number of primary amides is 1. The minimum absolute atomic E-state index is 0.302. The Morgan fingerprint density at radius 2 is 2.00 bits per heavy atom. The molecule has 0 aliphatic heterocycles. The number of fused-ring (bicyclic) bond motifs is 1. The Bertz CT molecular complexity index is 537. The smallest absolute Gasteiger partial charge is 0.357 e. The first-order valence-electron chi connectivity index (χ1n) is 4.23. The Morgan fingerprint density at radius 3 is 2.62 bits per heavy atom. The molecular weight excluding hydrogens is 212 g/mol. The molecule has 84 valence electrons. The van der Waals surface area contributed by atoms with E-state index in [1.165, 1.54) is 0 Å². The van der Waals surface area contributed by atoms with Crippen LogP contribution in [0.2, 0.25) is 0 Å². The summed E-state index contributed by atoms with van der Waals surface area (Å²) < 4.78 is 0. The number of aromatic nitrogens is 2. The number of amides is 1. The van der Waals surface area contributed by atoms with Crippen molar-refractivity contribution in [3.05, 3.63) is 40.9 Å². The molecule has 2 aromatic rings. The molecule has 0 fully saturated rings. The summed E-state index contributed by atoms with van der Waals surface area (Å²) in [6.45, 7) is 0. The summed E-state index contributed by atoms with van der Waals surface area (Å²) in [7, 11) is 0. The molecule has 2 rings (SSSR count). The van der Waals surface area contributed by atoms with Gasteiger partial charge in [-0.1, -0.05) is 18.2 Å². The topological polar surface area (TPSA) is 124 Å². The second-order valence-electron chi connectivity index (χ2n) is 2.71. The molecule has 5 N–H and O–H groups in total. The van der Waals surface area contributed by atoms with Crippen molar-refractivity contribution in [2.75, 3.05) is 0 Å². The fourth-order valence-electron chi connectivity index (χ4n) is 0.999. The Kier molecular flexibility index (Phi) is 3.98. The maximum absolute atomic E-state index is 10.7. The van der Waals surface area contributed by atoms with Crippen LogP contribution in [0.3, 0.4) is 0 Å². The normalized spacial score (nSPS) is 9.06. The molecule has 1 aromatic carbocycles. The highest BCUT2D eigenvalue weighted by molar-refractivity contribution is 5.76. The van der Waals surface area contributed by atoms with Gasteiger partial charge in [0.2, 0.25) is 0 Å². The number of H-pyrrole nitrogens is 1. The fraction of sp³-hybridized carbons (Fsp3) is 0.